The van der Waals surface area contributed by atoms with Crippen molar-refractivity contribution >= 4 is 29.0 Å². The molecule has 0 bridgehead atoms. The van der Waals surface area contributed by atoms with E-state index in [0.29, 0.717) is 13.0 Å². The van der Waals surface area contributed by atoms with Crippen LogP contribution in [0.2, 0.25) is 0 Å². The number of anilines is 1. The molecule has 0 radical (unpaired) electrons. The Morgan fingerprint density at radius 2 is 2.10 bits per heavy atom. The van der Waals surface area contributed by atoms with Crippen molar-refractivity contribution in [2.45, 2.75) is 6.42 Å². The molecule has 1 aromatic carbocycles. The van der Waals surface area contributed by atoms with Crippen molar-refractivity contribution in [2.75, 3.05) is 11.9 Å². The molecule has 1 heterocycles. The lowest BCUT2D eigenvalue weighted by atomic mass is 10.2. The first-order valence-corrected chi connectivity index (χ1v) is 7.04. The first kappa shape index (κ1) is 15.0. The van der Waals surface area contributed by atoms with Crippen molar-refractivity contribution in [3.8, 4) is 0 Å². The van der Waals surface area contributed by atoms with Crippen molar-refractivity contribution in [1.82, 2.24) is 5.32 Å². The summed E-state index contributed by atoms with van der Waals surface area (Å²) in [4.78, 5) is 23.4. The van der Waals surface area contributed by atoms with Gasteiger partial charge in [0.25, 0.3) is 0 Å². The fourth-order valence-corrected chi connectivity index (χ4v) is 2.38. The van der Waals surface area contributed by atoms with Gasteiger partial charge in [0.2, 0.25) is 0 Å². The Bertz CT molecular complexity index is 644. The molecule has 2 amide bonds. The Kier molecular flexibility index (Phi) is 4.89. The fourth-order valence-electron chi connectivity index (χ4n) is 1.67. The second kappa shape index (κ2) is 6.85. The largest absolute Gasteiger partial charge is 0.478 e. The third-order valence-corrected chi connectivity index (χ3v) is 3.64. The molecule has 0 spiro atoms. The summed E-state index contributed by atoms with van der Waals surface area (Å²) >= 11 is 1.60. The van der Waals surface area contributed by atoms with Gasteiger partial charge < -0.3 is 15.7 Å². The molecule has 2 rings (SSSR count). The predicted molar refractivity (Wildman–Crippen MR) is 78.4 cm³/mol. The summed E-state index contributed by atoms with van der Waals surface area (Å²) < 4.78 is 13.6. The highest BCUT2D eigenvalue weighted by molar-refractivity contribution is 7.09. The van der Waals surface area contributed by atoms with Gasteiger partial charge in [0, 0.05) is 11.4 Å². The standard InChI is InChI=1S/C14H13FN2O3S/c15-11-8-9(13(18)19)3-4-12(11)17-14(20)16-6-5-10-2-1-7-21-10/h1-4,7-8H,5-6H2,(H,18,19)(H2,16,17,20). The van der Waals surface area contributed by atoms with Crippen molar-refractivity contribution in [3.05, 3.63) is 52.0 Å². The minimum Gasteiger partial charge on any atom is -0.478 e. The summed E-state index contributed by atoms with van der Waals surface area (Å²) in [6.07, 6.45) is 0.700. The molecule has 3 N–H and O–H groups in total. The van der Waals surface area contributed by atoms with E-state index in [1.54, 1.807) is 11.3 Å². The van der Waals surface area contributed by atoms with E-state index in [9.17, 15) is 14.0 Å². The molecule has 0 unspecified atom stereocenters. The van der Waals surface area contributed by atoms with Crippen LogP contribution in [0.1, 0.15) is 15.2 Å². The van der Waals surface area contributed by atoms with E-state index in [2.05, 4.69) is 10.6 Å². The number of carbonyl (C=O) groups is 2. The van der Waals surface area contributed by atoms with E-state index >= 15 is 0 Å². The Hall–Kier alpha value is -2.41. The lowest BCUT2D eigenvalue weighted by molar-refractivity contribution is 0.0696. The first-order chi connectivity index (χ1) is 10.1. The lowest BCUT2D eigenvalue weighted by Crippen LogP contribution is -2.30. The zero-order valence-corrected chi connectivity index (χ0v) is 11.7. The van der Waals surface area contributed by atoms with Crippen molar-refractivity contribution in [2.24, 2.45) is 0 Å². The summed E-state index contributed by atoms with van der Waals surface area (Å²) in [5.74, 6) is -2.01. The number of rotatable bonds is 5. The minimum absolute atomic E-state index is 0.0615. The summed E-state index contributed by atoms with van der Waals surface area (Å²) in [6.45, 7) is 0.432. The summed E-state index contributed by atoms with van der Waals surface area (Å²) in [5.41, 5.74) is -0.232. The topological polar surface area (TPSA) is 78.4 Å². The van der Waals surface area contributed by atoms with Gasteiger partial charge in [-0.1, -0.05) is 6.07 Å². The molecule has 21 heavy (non-hydrogen) atoms. The highest BCUT2D eigenvalue weighted by atomic mass is 32.1. The molecule has 7 heteroatoms. The van der Waals surface area contributed by atoms with Crippen LogP contribution in [0.25, 0.3) is 0 Å². The van der Waals surface area contributed by atoms with Crippen LogP contribution in [-0.4, -0.2) is 23.7 Å². The zero-order chi connectivity index (χ0) is 15.2. The van der Waals surface area contributed by atoms with Crippen LogP contribution in [0, 0.1) is 5.82 Å². The molecule has 2 aromatic rings. The highest BCUT2D eigenvalue weighted by Gasteiger charge is 2.10. The van der Waals surface area contributed by atoms with Gasteiger partial charge in [0.1, 0.15) is 5.82 Å². The molecular weight excluding hydrogens is 295 g/mol. The van der Waals surface area contributed by atoms with Crippen molar-refractivity contribution in [3.63, 3.8) is 0 Å². The van der Waals surface area contributed by atoms with E-state index in [0.717, 1.165) is 10.9 Å². The number of hydrogen-bond acceptors (Lipinski definition) is 3. The van der Waals surface area contributed by atoms with Crippen molar-refractivity contribution in [1.29, 1.82) is 0 Å². The quantitative estimate of drug-likeness (QED) is 0.794. The normalized spacial score (nSPS) is 10.1. The number of halogens is 1. The molecular formula is C14H13FN2O3S. The second-order valence-corrected chi connectivity index (χ2v) is 5.24. The molecule has 0 saturated heterocycles. The summed E-state index contributed by atoms with van der Waals surface area (Å²) in [7, 11) is 0. The van der Waals surface area contributed by atoms with E-state index in [1.807, 2.05) is 17.5 Å². The lowest BCUT2D eigenvalue weighted by Gasteiger charge is -2.08. The van der Waals surface area contributed by atoms with E-state index < -0.39 is 17.8 Å². The number of amides is 2. The average molecular weight is 308 g/mol. The average Bonchev–Trinajstić information content (AvgIpc) is 2.94. The molecule has 110 valence electrons. The number of carboxylic acid groups (broad SMARTS) is 1. The number of benzene rings is 1. The van der Waals surface area contributed by atoms with Crippen LogP contribution in [0.3, 0.4) is 0 Å². The number of hydrogen-bond donors (Lipinski definition) is 3. The first-order valence-electron chi connectivity index (χ1n) is 6.16. The second-order valence-electron chi connectivity index (χ2n) is 4.21. The maximum absolute atomic E-state index is 13.6. The predicted octanol–water partition coefficient (Wildman–Crippen LogP) is 2.95. The van der Waals surface area contributed by atoms with Crippen LogP contribution in [0.5, 0.6) is 0 Å². The summed E-state index contributed by atoms with van der Waals surface area (Å²) in [5, 5.41) is 15.6. The Morgan fingerprint density at radius 3 is 2.71 bits per heavy atom. The third-order valence-electron chi connectivity index (χ3n) is 2.70. The van der Waals surface area contributed by atoms with Crippen LogP contribution >= 0.6 is 11.3 Å². The molecule has 0 aliphatic rings. The molecule has 0 atom stereocenters. The van der Waals surface area contributed by atoms with Gasteiger partial charge in [0.05, 0.1) is 11.3 Å². The summed E-state index contributed by atoms with van der Waals surface area (Å²) in [6, 6.07) is 6.68. The van der Waals surface area contributed by atoms with Crippen LogP contribution in [0.15, 0.2) is 35.7 Å². The number of carbonyl (C=O) groups excluding carboxylic acids is 1. The Balaban J connectivity index is 1.86. The van der Waals surface area contributed by atoms with E-state index in [1.165, 1.54) is 12.1 Å². The van der Waals surface area contributed by atoms with Crippen LogP contribution < -0.4 is 10.6 Å². The number of urea groups is 1. The number of thiophene rings is 1. The molecule has 1 aromatic heterocycles. The smallest absolute Gasteiger partial charge is 0.335 e. The Labute approximate surface area is 124 Å². The molecule has 0 fully saturated rings. The van der Waals surface area contributed by atoms with Gasteiger partial charge in [0.15, 0.2) is 0 Å². The van der Waals surface area contributed by atoms with Crippen LogP contribution in [-0.2, 0) is 6.42 Å². The maximum Gasteiger partial charge on any atom is 0.335 e. The van der Waals surface area contributed by atoms with Gasteiger partial charge in [-0.15, -0.1) is 11.3 Å². The van der Waals surface area contributed by atoms with Gasteiger partial charge in [-0.2, -0.15) is 0 Å². The van der Waals surface area contributed by atoms with E-state index in [4.69, 9.17) is 5.11 Å². The molecule has 0 saturated carbocycles. The fraction of sp³-hybridized carbons (Fsp3) is 0.143. The zero-order valence-electron chi connectivity index (χ0n) is 10.9. The van der Waals surface area contributed by atoms with Gasteiger partial charge in [-0.25, -0.2) is 14.0 Å². The van der Waals surface area contributed by atoms with E-state index in [-0.39, 0.29) is 11.3 Å². The van der Waals surface area contributed by atoms with Crippen LogP contribution in [0.4, 0.5) is 14.9 Å². The molecule has 0 aliphatic heterocycles. The monoisotopic (exact) mass is 308 g/mol. The van der Waals surface area contributed by atoms with Gasteiger partial charge in [-0.3, -0.25) is 0 Å². The number of nitrogens with one attached hydrogen (secondary N) is 2. The number of aromatic carboxylic acids is 1. The Morgan fingerprint density at radius 1 is 1.29 bits per heavy atom. The number of carboxylic acids is 1. The SMILES string of the molecule is O=C(NCCc1cccs1)Nc1ccc(C(=O)O)cc1F. The highest BCUT2D eigenvalue weighted by Crippen LogP contribution is 2.15. The maximum atomic E-state index is 13.6. The third kappa shape index (κ3) is 4.28. The van der Waals surface area contributed by atoms with Gasteiger partial charge in [-0.05, 0) is 36.1 Å². The van der Waals surface area contributed by atoms with Crippen molar-refractivity contribution < 1.29 is 19.1 Å². The van der Waals surface area contributed by atoms with Gasteiger partial charge >= 0.3 is 12.0 Å². The molecule has 0 aliphatic carbocycles. The minimum atomic E-state index is -1.22. The molecule has 5 nitrogen and oxygen atoms in total.